The Morgan fingerprint density at radius 3 is 3.13 bits per heavy atom. The second-order valence-corrected chi connectivity index (χ2v) is 4.01. The van der Waals surface area contributed by atoms with Crippen molar-refractivity contribution in [3.63, 3.8) is 0 Å². The van der Waals surface area contributed by atoms with Crippen LogP contribution in [0.25, 0.3) is 0 Å². The predicted molar refractivity (Wildman–Crippen MR) is 57.7 cm³/mol. The van der Waals surface area contributed by atoms with Crippen molar-refractivity contribution in [2.24, 2.45) is 0 Å². The van der Waals surface area contributed by atoms with E-state index in [1.807, 2.05) is 6.92 Å². The number of nitrogens with one attached hydrogen (secondary N) is 1. The Morgan fingerprint density at radius 2 is 2.40 bits per heavy atom. The van der Waals surface area contributed by atoms with Crippen molar-refractivity contribution >= 4 is 0 Å². The summed E-state index contributed by atoms with van der Waals surface area (Å²) < 4.78 is 18.6. The van der Waals surface area contributed by atoms with Crippen molar-refractivity contribution in [3.8, 4) is 5.75 Å². The maximum atomic E-state index is 13.0. The third-order valence-corrected chi connectivity index (χ3v) is 2.75. The number of benzene rings is 1. The van der Waals surface area contributed by atoms with Crippen molar-refractivity contribution in [2.45, 2.75) is 25.8 Å². The molecule has 1 heterocycles. The number of hydrogen-bond donors (Lipinski definition) is 1. The molecule has 2 rings (SSSR count). The Balaban J connectivity index is 1.94. The zero-order valence-corrected chi connectivity index (χ0v) is 8.92. The van der Waals surface area contributed by atoms with Crippen LogP contribution in [0.2, 0.25) is 0 Å². The van der Waals surface area contributed by atoms with Crippen LogP contribution < -0.4 is 10.1 Å². The molecule has 1 fully saturated rings. The third kappa shape index (κ3) is 2.69. The van der Waals surface area contributed by atoms with Crippen LogP contribution in [0.5, 0.6) is 5.75 Å². The summed E-state index contributed by atoms with van der Waals surface area (Å²) in [5.74, 6) is 0.415. The third-order valence-electron chi connectivity index (χ3n) is 2.75. The second-order valence-electron chi connectivity index (χ2n) is 4.01. The highest BCUT2D eigenvalue weighted by Crippen LogP contribution is 2.19. The molecular weight excluding hydrogens is 193 g/mol. The summed E-state index contributed by atoms with van der Waals surface area (Å²) in [5.41, 5.74) is 0.981. The highest BCUT2D eigenvalue weighted by Gasteiger charge is 2.14. The van der Waals surface area contributed by atoms with Crippen LogP contribution >= 0.6 is 0 Å². The maximum Gasteiger partial charge on any atom is 0.126 e. The number of halogens is 1. The Morgan fingerprint density at radius 1 is 1.53 bits per heavy atom. The molecule has 1 N–H and O–H groups in total. The van der Waals surface area contributed by atoms with Gasteiger partial charge < -0.3 is 10.1 Å². The molecule has 0 radical (unpaired) electrons. The van der Waals surface area contributed by atoms with Crippen LogP contribution in [0, 0.1) is 12.7 Å². The van der Waals surface area contributed by atoms with Gasteiger partial charge in [-0.2, -0.15) is 0 Å². The molecule has 0 bridgehead atoms. The largest absolute Gasteiger partial charge is 0.492 e. The van der Waals surface area contributed by atoms with Gasteiger partial charge in [0.05, 0.1) is 0 Å². The van der Waals surface area contributed by atoms with Gasteiger partial charge in [0.25, 0.3) is 0 Å². The molecule has 1 saturated heterocycles. The Hall–Kier alpha value is -1.09. The van der Waals surface area contributed by atoms with Crippen LogP contribution in [0.1, 0.15) is 18.4 Å². The molecule has 3 heteroatoms. The molecule has 0 saturated carbocycles. The lowest BCUT2D eigenvalue weighted by Gasteiger charge is -2.13. The predicted octanol–water partition coefficient (Wildman–Crippen LogP) is 2.26. The number of rotatable bonds is 3. The van der Waals surface area contributed by atoms with Crippen LogP contribution in [-0.4, -0.2) is 19.2 Å². The first-order chi connectivity index (χ1) is 7.25. The van der Waals surface area contributed by atoms with Crippen molar-refractivity contribution in [2.75, 3.05) is 13.2 Å². The molecule has 1 aromatic rings. The fourth-order valence-corrected chi connectivity index (χ4v) is 1.82. The van der Waals surface area contributed by atoms with E-state index in [1.54, 1.807) is 6.07 Å². The lowest BCUT2D eigenvalue weighted by atomic mass is 10.2. The van der Waals surface area contributed by atoms with Gasteiger partial charge in [0.15, 0.2) is 0 Å². The fraction of sp³-hybridized carbons (Fsp3) is 0.500. The molecular formula is C12H16FNO. The van der Waals surface area contributed by atoms with Gasteiger partial charge >= 0.3 is 0 Å². The van der Waals surface area contributed by atoms with Gasteiger partial charge in [0, 0.05) is 12.1 Å². The lowest BCUT2D eigenvalue weighted by Crippen LogP contribution is -2.28. The van der Waals surface area contributed by atoms with E-state index in [-0.39, 0.29) is 5.82 Å². The number of aryl methyl sites for hydroxylation is 1. The zero-order valence-electron chi connectivity index (χ0n) is 8.92. The smallest absolute Gasteiger partial charge is 0.126 e. The van der Waals surface area contributed by atoms with Crippen molar-refractivity contribution < 1.29 is 9.13 Å². The van der Waals surface area contributed by atoms with E-state index >= 15 is 0 Å². The molecule has 2 nitrogen and oxygen atoms in total. The van der Waals surface area contributed by atoms with E-state index in [9.17, 15) is 4.39 Å². The van der Waals surface area contributed by atoms with E-state index < -0.39 is 0 Å². The van der Waals surface area contributed by atoms with Gasteiger partial charge in [-0.05, 0) is 37.9 Å². The van der Waals surface area contributed by atoms with E-state index in [1.165, 1.54) is 18.6 Å². The standard InChI is InChI=1S/C12H16FNO/c1-9-4-5-10(13)7-12(9)15-8-11-3-2-6-14-11/h4-5,7,11,14H,2-3,6,8H2,1H3. The van der Waals surface area contributed by atoms with E-state index in [0.717, 1.165) is 18.5 Å². The molecule has 0 spiro atoms. The average molecular weight is 209 g/mol. The lowest BCUT2D eigenvalue weighted by molar-refractivity contribution is 0.274. The van der Waals surface area contributed by atoms with Crippen LogP contribution in [0.4, 0.5) is 4.39 Å². The molecule has 1 aliphatic heterocycles. The van der Waals surface area contributed by atoms with Crippen LogP contribution in [-0.2, 0) is 0 Å². The summed E-state index contributed by atoms with van der Waals surface area (Å²) in [6, 6.07) is 5.07. The topological polar surface area (TPSA) is 21.3 Å². The average Bonchev–Trinajstić information content (AvgIpc) is 2.72. The zero-order chi connectivity index (χ0) is 10.7. The maximum absolute atomic E-state index is 13.0. The number of ether oxygens (including phenoxy) is 1. The Labute approximate surface area is 89.4 Å². The molecule has 1 aromatic carbocycles. The first kappa shape index (κ1) is 10.4. The summed E-state index contributed by atoms with van der Waals surface area (Å²) in [7, 11) is 0. The normalized spacial score (nSPS) is 20.5. The molecule has 1 unspecified atom stereocenters. The van der Waals surface area contributed by atoms with Crippen LogP contribution in [0.3, 0.4) is 0 Å². The summed E-state index contributed by atoms with van der Waals surface area (Å²) in [6.45, 7) is 3.62. The van der Waals surface area contributed by atoms with Gasteiger partial charge in [0.2, 0.25) is 0 Å². The van der Waals surface area contributed by atoms with E-state index in [4.69, 9.17) is 4.74 Å². The molecule has 15 heavy (non-hydrogen) atoms. The minimum atomic E-state index is -0.241. The highest BCUT2D eigenvalue weighted by atomic mass is 19.1. The van der Waals surface area contributed by atoms with E-state index in [2.05, 4.69) is 5.32 Å². The number of hydrogen-bond acceptors (Lipinski definition) is 2. The minimum absolute atomic E-state index is 0.241. The van der Waals surface area contributed by atoms with Crippen molar-refractivity contribution in [3.05, 3.63) is 29.6 Å². The van der Waals surface area contributed by atoms with Crippen molar-refractivity contribution in [1.29, 1.82) is 0 Å². The molecule has 0 aliphatic carbocycles. The second kappa shape index (κ2) is 4.62. The first-order valence-corrected chi connectivity index (χ1v) is 5.38. The first-order valence-electron chi connectivity index (χ1n) is 5.38. The van der Waals surface area contributed by atoms with Crippen LogP contribution in [0.15, 0.2) is 18.2 Å². The van der Waals surface area contributed by atoms with Crippen molar-refractivity contribution in [1.82, 2.24) is 5.32 Å². The van der Waals surface area contributed by atoms with Gasteiger partial charge in [-0.1, -0.05) is 6.07 Å². The SMILES string of the molecule is Cc1ccc(F)cc1OCC1CCCN1. The fourth-order valence-electron chi connectivity index (χ4n) is 1.82. The summed E-state index contributed by atoms with van der Waals surface area (Å²) in [4.78, 5) is 0. The molecule has 1 aliphatic rings. The Bertz CT molecular complexity index is 334. The quantitative estimate of drug-likeness (QED) is 0.824. The molecule has 1 atom stereocenters. The monoisotopic (exact) mass is 209 g/mol. The molecule has 82 valence electrons. The molecule has 0 amide bonds. The summed E-state index contributed by atoms with van der Waals surface area (Å²) in [5, 5.41) is 3.34. The molecule has 0 aromatic heterocycles. The highest BCUT2D eigenvalue weighted by molar-refractivity contribution is 5.32. The van der Waals surface area contributed by atoms with Gasteiger partial charge in [0.1, 0.15) is 18.2 Å². The van der Waals surface area contributed by atoms with Gasteiger partial charge in [-0.3, -0.25) is 0 Å². The summed E-state index contributed by atoms with van der Waals surface area (Å²) >= 11 is 0. The minimum Gasteiger partial charge on any atom is -0.492 e. The summed E-state index contributed by atoms with van der Waals surface area (Å²) in [6.07, 6.45) is 2.35. The Kier molecular flexibility index (Phi) is 3.21. The van der Waals surface area contributed by atoms with E-state index in [0.29, 0.717) is 18.4 Å². The van der Waals surface area contributed by atoms with Gasteiger partial charge in [-0.25, -0.2) is 4.39 Å². The van der Waals surface area contributed by atoms with Gasteiger partial charge in [-0.15, -0.1) is 0 Å².